The zero-order valence-corrected chi connectivity index (χ0v) is 13.9. The Balaban J connectivity index is 1.49. The van der Waals surface area contributed by atoms with Gasteiger partial charge in [-0.2, -0.15) is 0 Å². The molecule has 1 saturated heterocycles. The third-order valence-corrected chi connectivity index (χ3v) is 4.15. The number of rotatable bonds is 4. The van der Waals surface area contributed by atoms with Gasteiger partial charge in [-0.05, 0) is 42.5 Å². The lowest BCUT2D eigenvalue weighted by Gasteiger charge is -2.15. The minimum absolute atomic E-state index is 0.127. The smallest absolute Gasteiger partial charge is 0.321 e. The zero-order chi connectivity index (χ0) is 17.9. The van der Waals surface area contributed by atoms with Gasteiger partial charge in [0.1, 0.15) is 5.82 Å². The number of benzene rings is 1. The van der Waals surface area contributed by atoms with Gasteiger partial charge >= 0.3 is 6.03 Å². The van der Waals surface area contributed by atoms with Crippen LogP contribution in [-0.2, 0) is 0 Å². The van der Waals surface area contributed by atoms with Gasteiger partial charge in [-0.15, -0.1) is 0 Å². The summed E-state index contributed by atoms with van der Waals surface area (Å²) in [5.41, 5.74) is 1.84. The van der Waals surface area contributed by atoms with Crippen molar-refractivity contribution in [2.75, 3.05) is 23.3 Å². The molecule has 1 aromatic carbocycles. The molecule has 26 heavy (non-hydrogen) atoms. The molecule has 3 amide bonds. The largest absolute Gasteiger partial charge is 0.336 e. The number of nitrogens with zero attached hydrogens (tertiary/aromatic N) is 3. The van der Waals surface area contributed by atoms with E-state index in [1.54, 1.807) is 35.4 Å². The van der Waals surface area contributed by atoms with Crippen LogP contribution in [0.15, 0.2) is 67.1 Å². The van der Waals surface area contributed by atoms with Crippen molar-refractivity contribution in [1.82, 2.24) is 14.9 Å². The lowest BCUT2D eigenvalue weighted by Crippen LogP contribution is -2.27. The van der Waals surface area contributed by atoms with Gasteiger partial charge in [-0.1, -0.05) is 6.07 Å². The Labute approximate surface area is 150 Å². The lowest BCUT2D eigenvalue weighted by molar-refractivity contribution is 0.102. The van der Waals surface area contributed by atoms with E-state index in [4.69, 9.17) is 0 Å². The van der Waals surface area contributed by atoms with Gasteiger partial charge in [-0.3, -0.25) is 9.69 Å². The van der Waals surface area contributed by atoms with Gasteiger partial charge in [0.15, 0.2) is 0 Å². The molecular formula is C19H17N5O2. The first kappa shape index (κ1) is 15.9. The van der Waals surface area contributed by atoms with Crippen LogP contribution >= 0.6 is 0 Å². The van der Waals surface area contributed by atoms with Crippen LogP contribution in [0.2, 0.25) is 0 Å². The molecule has 2 N–H and O–H groups in total. The number of carbonyl (C=O) groups is 2. The predicted molar refractivity (Wildman–Crippen MR) is 98.7 cm³/mol. The van der Waals surface area contributed by atoms with Crippen molar-refractivity contribution in [3.8, 4) is 5.82 Å². The van der Waals surface area contributed by atoms with Crippen LogP contribution in [0.3, 0.4) is 0 Å². The Kier molecular flexibility index (Phi) is 4.10. The summed E-state index contributed by atoms with van der Waals surface area (Å²) in [6.07, 6.45) is 5.33. The maximum absolute atomic E-state index is 12.5. The molecule has 4 rings (SSSR count). The first-order valence-corrected chi connectivity index (χ1v) is 8.27. The molecule has 0 spiro atoms. The van der Waals surface area contributed by atoms with Gasteiger partial charge in [-0.25, -0.2) is 9.78 Å². The standard InChI is InChI=1S/C19H17N5O2/c25-18(14-6-7-17(21-13-14)23-9-1-2-10-23)22-15-4-3-5-16(12-15)24-11-8-20-19(24)26/h1-7,9-10,12-13H,8,11H2,(H,20,26)(H,22,25). The summed E-state index contributed by atoms with van der Waals surface area (Å²) in [4.78, 5) is 30.2. The van der Waals surface area contributed by atoms with E-state index in [1.807, 2.05) is 41.2 Å². The van der Waals surface area contributed by atoms with Crippen molar-refractivity contribution in [1.29, 1.82) is 0 Å². The van der Waals surface area contributed by atoms with Crippen molar-refractivity contribution in [3.05, 3.63) is 72.7 Å². The Hall–Kier alpha value is -3.61. The number of anilines is 2. The highest BCUT2D eigenvalue weighted by Crippen LogP contribution is 2.21. The van der Waals surface area contributed by atoms with Crippen LogP contribution in [-0.4, -0.2) is 34.6 Å². The number of pyridine rings is 1. The number of urea groups is 1. The van der Waals surface area contributed by atoms with Crippen LogP contribution in [0.5, 0.6) is 0 Å². The van der Waals surface area contributed by atoms with Gasteiger partial charge in [0.2, 0.25) is 0 Å². The Morgan fingerprint density at radius 2 is 1.96 bits per heavy atom. The molecule has 0 atom stereocenters. The van der Waals surface area contributed by atoms with E-state index in [0.717, 1.165) is 11.5 Å². The summed E-state index contributed by atoms with van der Waals surface area (Å²) in [5.74, 6) is 0.494. The Morgan fingerprint density at radius 1 is 1.12 bits per heavy atom. The number of amides is 3. The summed E-state index contributed by atoms with van der Waals surface area (Å²) in [6, 6.07) is 14.4. The minimum Gasteiger partial charge on any atom is -0.336 e. The van der Waals surface area contributed by atoms with Gasteiger partial charge in [0.05, 0.1) is 5.56 Å². The van der Waals surface area contributed by atoms with Gasteiger partial charge < -0.3 is 15.2 Å². The van der Waals surface area contributed by atoms with E-state index in [-0.39, 0.29) is 11.9 Å². The number of hydrogen-bond acceptors (Lipinski definition) is 3. The number of aromatic nitrogens is 2. The fraction of sp³-hybridized carbons (Fsp3) is 0.105. The first-order chi connectivity index (χ1) is 12.7. The molecule has 7 heteroatoms. The van der Waals surface area contributed by atoms with Gasteiger partial charge in [0.25, 0.3) is 5.91 Å². The van der Waals surface area contributed by atoms with E-state index in [0.29, 0.717) is 24.3 Å². The van der Waals surface area contributed by atoms with E-state index in [9.17, 15) is 9.59 Å². The zero-order valence-electron chi connectivity index (χ0n) is 13.9. The molecule has 0 saturated carbocycles. The van der Waals surface area contributed by atoms with E-state index >= 15 is 0 Å². The molecule has 1 aliphatic rings. The first-order valence-electron chi connectivity index (χ1n) is 8.27. The van der Waals surface area contributed by atoms with Crippen molar-refractivity contribution < 1.29 is 9.59 Å². The summed E-state index contributed by atoms with van der Waals surface area (Å²) in [6.45, 7) is 1.23. The maximum Gasteiger partial charge on any atom is 0.321 e. The Morgan fingerprint density at radius 3 is 2.65 bits per heavy atom. The highest BCUT2D eigenvalue weighted by Gasteiger charge is 2.21. The highest BCUT2D eigenvalue weighted by molar-refractivity contribution is 6.04. The van der Waals surface area contributed by atoms with Crippen molar-refractivity contribution in [2.24, 2.45) is 0 Å². The Bertz CT molecular complexity index is 935. The third-order valence-electron chi connectivity index (χ3n) is 4.15. The van der Waals surface area contributed by atoms with Crippen molar-refractivity contribution in [3.63, 3.8) is 0 Å². The molecule has 1 fully saturated rings. The average molecular weight is 347 g/mol. The van der Waals surface area contributed by atoms with E-state index < -0.39 is 0 Å². The van der Waals surface area contributed by atoms with Crippen LogP contribution in [0.4, 0.5) is 16.2 Å². The monoisotopic (exact) mass is 347 g/mol. The molecule has 1 aliphatic heterocycles. The third kappa shape index (κ3) is 3.14. The van der Waals surface area contributed by atoms with Crippen molar-refractivity contribution in [2.45, 2.75) is 0 Å². The minimum atomic E-state index is -0.250. The molecule has 130 valence electrons. The molecule has 0 unspecified atom stereocenters. The topological polar surface area (TPSA) is 79.3 Å². The molecule has 3 aromatic rings. The van der Waals surface area contributed by atoms with Crippen molar-refractivity contribution >= 4 is 23.3 Å². The molecule has 3 heterocycles. The number of carbonyl (C=O) groups excluding carboxylic acids is 2. The highest BCUT2D eigenvalue weighted by atomic mass is 16.2. The van der Waals surface area contributed by atoms with Gasteiger partial charge in [0, 0.05) is 43.1 Å². The van der Waals surface area contributed by atoms with Crippen LogP contribution < -0.4 is 15.5 Å². The molecule has 0 aliphatic carbocycles. The number of hydrogen-bond donors (Lipinski definition) is 2. The van der Waals surface area contributed by atoms with E-state index in [1.165, 1.54) is 0 Å². The maximum atomic E-state index is 12.5. The number of nitrogens with one attached hydrogen (secondary N) is 2. The SMILES string of the molecule is O=C(Nc1cccc(N2CCNC2=O)c1)c1ccc(-n2cccc2)nc1. The molecule has 2 aromatic heterocycles. The second kappa shape index (κ2) is 6.72. The van der Waals surface area contributed by atoms with Crippen LogP contribution in [0, 0.1) is 0 Å². The van der Waals surface area contributed by atoms with E-state index in [2.05, 4.69) is 15.6 Å². The second-order valence-electron chi connectivity index (χ2n) is 5.88. The van der Waals surface area contributed by atoms with Crippen LogP contribution in [0.1, 0.15) is 10.4 Å². The summed E-state index contributed by atoms with van der Waals surface area (Å²) < 4.78 is 1.87. The second-order valence-corrected chi connectivity index (χ2v) is 5.88. The summed E-state index contributed by atoms with van der Waals surface area (Å²) in [5, 5.41) is 5.61. The molecule has 0 radical (unpaired) electrons. The fourth-order valence-electron chi connectivity index (χ4n) is 2.83. The molecular weight excluding hydrogens is 330 g/mol. The average Bonchev–Trinajstić information content (AvgIpc) is 3.34. The normalized spacial score (nSPS) is 13.5. The summed E-state index contributed by atoms with van der Waals surface area (Å²) >= 11 is 0. The molecule has 0 bridgehead atoms. The van der Waals surface area contributed by atoms with Crippen LogP contribution in [0.25, 0.3) is 5.82 Å². The fourth-order valence-corrected chi connectivity index (χ4v) is 2.83. The lowest BCUT2D eigenvalue weighted by atomic mass is 10.2. The summed E-state index contributed by atoms with van der Waals surface area (Å²) in [7, 11) is 0. The quantitative estimate of drug-likeness (QED) is 0.761. The predicted octanol–water partition coefficient (Wildman–Crippen LogP) is 2.65. The molecule has 7 nitrogen and oxygen atoms in total.